The summed E-state index contributed by atoms with van der Waals surface area (Å²) >= 11 is 0. The molecule has 126 valence electrons. The molecule has 0 N–H and O–H groups in total. The lowest BCUT2D eigenvalue weighted by atomic mass is 10.1. The van der Waals surface area contributed by atoms with Crippen LogP contribution in [0.4, 0.5) is 0 Å². The molecule has 0 bridgehead atoms. The van der Waals surface area contributed by atoms with Gasteiger partial charge in [-0.25, -0.2) is 19.6 Å². The summed E-state index contributed by atoms with van der Waals surface area (Å²) in [6.07, 6.45) is 12.2. The SMILES string of the molecule is Cc1ccccc1.O=C=NCCCCCCCCCCN=C=O. The first kappa shape index (κ1) is 21.0. The third-order valence-electron chi connectivity index (χ3n) is 3.36. The molecule has 0 atom stereocenters. The highest BCUT2D eigenvalue weighted by atomic mass is 16.1. The molecule has 0 unspecified atom stereocenters. The third kappa shape index (κ3) is 17.9. The Bertz CT molecular complexity index is 436. The molecule has 1 aromatic rings. The van der Waals surface area contributed by atoms with Gasteiger partial charge in [0.15, 0.2) is 0 Å². The highest BCUT2D eigenvalue weighted by Gasteiger charge is 1.91. The van der Waals surface area contributed by atoms with Crippen LogP contribution in [0, 0.1) is 6.92 Å². The molecular weight excluding hydrogens is 288 g/mol. The molecule has 0 aliphatic heterocycles. The van der Waals surface area contributed by atoms with Crippen molar-refractivity contribution in [2.24, 2.45) is 9.98 Å². The number of carbonyl (C=O) groups excluding carboxylic acids is 2. The molecule has 23 heavy (non-hydrogen) atoms. The molecule has 0 aromatic heterocycles. The molecule has 0 aliphatic carbocycles. The number of unbranched alkanes of at least 4 members (excludes halogenated alkanes) is 7. The average molecular weight is 316 g/mol. The molecule has 0 radical (unpaired) electrons. The van der Waals surface area contributed by atoms with E-state index in [9.17, 15) is 9.59 Å². The van der Waals surface area contributed by atoms with Crippen molar-refractivity contribution in [2.45, 2.75) is 58.3 Å². The van der Waals surface area contributed by atoms with Gasteiger partial charge in [-0.3, -0.25) is 0 Å². The van der Waals surface area contributed by atoms with Gasteiger partial charge in [0, 0.05) is 0 Å². The Balaban J connectivity index is 0.000000568. The van der Waals surface area contributed by atoms with Crippen LogP contribution in [0.2, 0.25) is 0 Å². The topological polar surface area (TPSA) is 58.9 Å². The van der Waals surface area contributed by atoms with Crippen molar-refractivity contribution in [1.82, 2.24) is 0 Å². The summed E-state index contributed by atoms with van der Waals surface area (Å²) in [7, 11) is 0. The summed E-state index contributed by atoms with van der Waals surface area (Å²) in [5, 5.41) is 0. The fourth-order valence-electron chi connectivity index (χ4n) is 2.07. The van der Waals surface area contributed by atoms with Crippen molar-refractivity contribution in [3.8, 4) is 0 Å². The molecule has 4 nitrogen and oxygen atoms in total. The Hall–Kier alpha value is -2.02. The molecule has 4 heteroatoms. The zero-order valence-corrected chi connectivity index (χ0v) is 14.2. The largest absolute Gasteiger partial charge is 0.234 e. The summed E-state index contributed by atoms with van der Waals surface area (Å²) in [6, 6.07) is 10.3. The zero-order chi connectivity index (χ0) is 17.0. The van der Waals surface area contributed by atoms with Crippen LogP contribution in [-0.2, 0) is 9.59 Å². The van der Waals surface area contributed by atoms with Crippen molar-refractivity contribution in [3.05, 3.63) is 35.9 Å². The number of hydrogen-bond donors (Lipinski definition) is 0. The van der Waals surface area contributed by atoms with E-state index in [1.54, 1.807) is 12.2 Å². The third-order valence-corrected chi connectivity index (χ3v) is 3.36. The number of aliphatic imine (C=N–C) groups is 2. The fourth-order valence-corrected chi connectivity index (χ4v) is 2.07. The van der Waals surface area contributed by atoms with E-state index in [0.717, 1.165) is 25.7 Å². The fraction of sp³-hybridized carbons (Fsp3) is 0.579. The Morgan fingerprint density at radius 1 is 0.696 bits per heavy atom. The first-order valence-electron chi connectivity index (χ1n) is 8.40. The molecule has 0 saturated heterocycles. The maximum absolute atomic E-state index is 9.76. The quantitative estimate of drug-likeness (QED) is 0.335. The van der Waals surface area contributed by atoms with Crippen molar-refractivity contribution >= 4 is 12.2 Å². The molecule has 1 aromatic carbocycles. The Labute approximate surface area is 139 Å². The van der Waals surface area contributed by atoms with Gasteiger partial charge in [0.2, 0.25) is 12.2 Å². The lowest BCUT2D eigenvalue weighted by molar-refractivity contribution is 0.553. The minimum atomic E-state index is 0.618. The van der Waals surface area contributed by atoms with E-state index in [0.29, 0.717) is 13.1 Å². The molecule has 0 heterocycles. The highest BCUT2D eigenvalue weighted by Crippen LogP contribution is 2.08. The van der Waals surface area contributed by atoms with Gasteiger partial charge >= 0.3 is 0 Å². The van der Waals surface area contributed by atoms with Crippen molar-refractivity contribution in [1.29, 1.82) is 0 Å². The first-order valence-corrected chi connectivity index (χ1v) is 8.40. The Kier molecular flexibility index (Phi) is 16.4. The minimum Gasteiger partial charge on any atom is -0.211 e. The number of aryl methyl sites for hydroxylation is 1. The van der Waals surface area contributed by atoms with Gasteiger partial charge in [0.05, 0.1) is 13.1 Å². The summed E-state index contributed by atoms with van der Waals surface area (Å²) in [6.45, 7) is 3.32. The Morgan fingerprint density at radius 2 is 1.09 bits per heavy atom. The predicted octanol–water partition coefficient (Wildman–Crippen LogP) is 4.77. The molecule has 0 fully saturated rings. The van der Waals surface area contributed by atoms with Gasteiger partial charge in [-0.05, 0) is 19.8 Å². The summed E-state index contributed by atoms with van der Waals surface area (Å²) in [5.74, 6) is 0. The predicted molar refractivity (Wildman–Crippen MR) is 94.1 cm³/mol. The van der Waals surface area contributed by atoms with Crippen LogP contribution in [0.5, 0.6) is 0 Å². The minimum absolute atomic E-state index is 0.618. The van der Waals surface area contributed by atoms with Crippen molar-refractivity contribution in [2.75, 3.05) is 13.1 Å². The number of nitrogens with zero attached hydrogens (tertiary/aromatic N) is 2. The van der Waals surface area contributed by atoms with Crippen LogP contribution in [0.1, 0.15) is 56.9 Å². The van der Waals surface area contributed by atoms with Gasteiger partial charge < -0.3 is 0 Å². The van der Waals surface area contributed by atoms with Gasteiger partial charge in [-0.1, -0.05) is 74.4 Å². The second-order valence-corrected chi connectivity index (χ2v) is 5.43. The van der Waals surface area contributed by atoms with Crippen molar-refractivity contribution in [3.63, 3.8) is 0 Å². The van der Waals surface area contributed by atoms with Crippen LogP contribution in [0.3, 0.4) is 0 Å². The molecule has 1 rings (SSSR count). The maximum Gasteiger partial charge on any atom is 0.234 e. The number of isocyanates is 2. The normalized spacial score (nSPS) is 9.09. The second-order valence-electron chi connectivity index (χ2n) is 5.43. The monoisotopic (exact) mass is 316 g/mol. The second kappa shape index (κ2) is 18.0. The summed E-state index contributed by atoms with van der Waals surface area (Å²) in [4.78, 5) is 26.5. The molecule has 0 aliphatic rings. The smallest absolute Gasteiger partial charge is 0.211 e. The molecule has 0 spiro atoms. The van der Waals surface area contributed by atoms with Gasteiger partial charge in [0.25, 0.3) is 0 Å². The van der Waals surface area contributed by atoms with E-state index < -0.39 is 0 Å². The Morgan fingerprint density at radius 3 is 1.39 bits per heavy atom. The van der Waals surface area contributed by atoms with Gasteiger partial charge in [-0.2, -0.15) is 0 Å². The van der Waals surface area contributed by atoms with Crippen LogP contribution in [-0.4, -0.2) is 25.2 Å². The van der Waals surface area contributed by atoms with E-state index in [1.807, 2.05) is 18.2 Å². The lowest BCUT2D eigenvalue weighted by Gasteiger charge is -1.99. The zero-order valence-electron chi connectivity index (χ0n) is 14.2. The molecule has 0 amide bonds. The van der Waals surface area contributed by atoms with Gasteiger partial charge in [-0.15, -0.1) is 0 Å². The van der Waals surface area contributed by atoms with E-state index in [2.05, 4.69) is 29.0 Å². The molecular formula is C19H28N2O2. The number of rotatable bonds is 11. The van der Waals surface area contributed by atoms with E-state index in [1.165, 1.54) is 31.2 Å². The summed E-state index contributed by atoms with van der Waals surface area (Å²) in [5.41, 5.74) is 1.32. The first-order chi connectivity index (χ1) is 11.3. The number of hydrogen-bond acceptors (Lipinski definition) is 4. The standard InChI is InChI=1S/C12H20N2O2.C7H8/c15-11-13-9-7-5-3-1-2-4-6-8-10-14-12-16;1-7-5-3-2-4-6-7/h1-10H2;2-6H,1H3. The average Bonchev–Trinajstić information content (AvgIpc) is 2.57. The van der Waals surface area contributed by atoms with E-state index >= 15 is 0 Å². The van der Waals surface area contributed by atoms with Crippen molar-refractivity contribution < 1.29 is 9.59 Å². The van der Waals surface area contributed by atoms with Gasteiger partial charge in [0.1, 0.15) is 0 Å². The summed E-state index contributed by atoms with van der Waals surface area (Å²) < 4.78 is 0. The van der Waals surface area contributed by atoms with Crippen LogP contribution in [0.15, 0.2) is 40.3 Å². The van der Waals surface area contributed by atoms with Crippen LogP contribution in [0.25, 0.3) is 0 Å². The maximum atomic E-state index is 9.76. The van der Waals surface area contributed by atoms with E-state index in [-0.39, 0.29) is 0 Å². The van der Waals surface area contributed by atoms with E-state index in [4.69, 9.17) is 0 Å². The molecule has 0 saturated carbocycles. The highest BCUT2D eigenvalue weighted by molar-refractivity contribution is 5.32. The van der Waals surface area contributed by atoms with Crippen LogP contribution < -0.4 is 0 Å². The van der Waals surface area contributed by atoms with Crippen LogP contribution >= 0.6 is 0 Å². The number of benzene rings is 1. The lowest BCUT2D eigenvalue weighted by Crippen LogP contribution is -1.85.